The van der Waals surface area contributed by atoms with Crippen LogP contribution in [0.4, 0.5) is 4.39 Å². The molecule has 2 nitrogen and oxygen atoms in total. The molecular weight excluding hydrogens is 195 g/mol. The molecule has 1 aromatic rings. The summed E-state index contributed by atoms with van der Waals surface area (Å²) in [6.45, 7) is 6.11. The van der Waals surface area contributed by atoms with E-state index in [1.54, 1.807) is 6.92 Å². The second-order valence-electron chi connectivity index (χ2n) is 3.65. The minimum atomic E-state index is -0.884. The number of rotatable bonds is 4. The van der Waals surface area contributed by atoms with Gasteiger partial charge in [0.15, 0.2) is 0 Å². The van der Waals surface area contributed by atoms with Crippen LogP contribution in [-0.2, 0) is 4.74 Å². The second kappa shape index (κ2) is 5.24. The van der Waals surface area contributed by atoms with E-state index in [1.165, 1.54) is 6.07 Å². The molecule has 0 fully saturated rings. The van der Waals surface area contributed by atoms with Crippen LogP contribution in [0.1, 0.15) is 29.7 Å². The molecule has 0 radical (unpaired) electrons. The summed E-state index contributed by atoms with van der Waals surface area (Å²) < 4.78 is 18.6. The van der Waals surface area contributed by atoms with E-state index in [0.29, 0.717) is 12.2 Å². The SMILES string of the molecule is CCOCC(O)c1c(C)cc(C)cc1F. The Bertz CT molecular complexity index is 313. The van der Waals surface area contributed by atoms with Gasteiger partial charge >= 0.3 is 0 Å². The van der Waals surface area contributed by atoms with Gasteiger partial charge in [-0.15, -0.1) is 0 Å². The van der Waals surface area contributed by atoms with E-state index in [-0.39, 0.29) is 12.4 Å². The number of aliphatic hydroxyl groups is 1. The lowest BCUT2D eigenvalue weighted by Gasteiger charge is -2.15. The van der Waals surface area contributed by atoms with Crippen molar-refractivity contribution in [3.05, 3.63) is 34.6 Å². The first-order valence-electron chi connectivity index (χ1n) is 5.08. The van der Waals surface area contributed by atoms with E-state index in [0.717, 1.165) is 11.1 Å². The standard InChI is InChI=1S/C12H17FO2/c1-4-15-7-11(14)12-9(3)5-8(2)6-10(12)13/h5-6,11,14H,4,7H2,1-3H3. The molecular formula is C12H17FO2. The maximum atomic E-state index is 13.6. The molecule has 0 bridgehead atoms. The molecule has 0 aliphatic rings. The van der Waals surface area contributed by atoms with Crippen LogP contribution < -0.4 is 0 Å². The maximum Gasteiger partial charge on any atom is 0.129 e. The van der Waals surface area contributed by atoms with Gasteiger partial charge in [-0.25, -0.2) is 4.39 Å². The zero-order chi connectivity index (χ0) is 11.4. The molecule has 84 valence electrons. The van der Waals surface area contributed by atoms with Crippen molar-refractivity contribution >= 4 is 0 Å². The first kappa shape index (κ1) is 12.1. The molecule has 0 aliphatic heterocycles. The number of hydrogen-bond acceptors (Lipinski definition) is 2. The molecule has 1 N–H and O–H groups in total. The third-order valence-electron chi connectivity index (χ3n) is 2.29. The zero-order valence-electron chi connectivity index (χ0n) is 9.38. The van der Waals surface area contributed by atoms with Crippen LogP contribution in [0.15, 0.2) is 12.1 Å². The lowest BCUT2D eigenvalue weighted by molar-refractivity contribution is 0.0398. The Labute approximate surface area is 89.7 Å². The molecule has 0 spiro atoms. The van der Waals surface area contributed by atoms with Crippen molar-refractivity contribution in [3.63, 3.8) is 0 Å². The topological polar surface area (TPSA) is 29.5 Å². The Morgan fingerprint density at radius 1 is 1.40 bits per heavy atom. The van der Waals surface area contributed by atoms with Gasteiger partial charge in [-0.2, -0.15) is 0 Å². The van der Waals surface area contributed by atoms with Gasteiger partial charge in [-0.1, -0.05) is 6.07 Å². The highest BCUT2D eigenvalue weighted by molar-refractivity contribution is 5.33. The predicted octanol–water partition coefficient (Wildman–Crippen LogP) is 2.51. The van der Waals surface area contributed by atoms with Crippen LogP contribution in [-0.4, -0.2) is 18.3 Å². The highest BCUT2D eigenvalue weighted by Gasteiger charge is 2.15. The lowest BCUT2D eigenvalue weighted by Crippen LogP contribution is -2.11. The third kappa shape index (κ3) is 3.01. The highest BCUT2D eigenvalue weighted by Crippen LogP contribution is 2.23. The molecule has 1 aromatic carbocycles. The molecule has 0 aromatic heterocycles. The zero-order valence-corrected chi connectivity index (χ0v) is 9.38. The van der Waals surface area contributed by atoms with Gasteiger partial charge in [-0.3, -0.25) is 0 Å². The number of benzene rings is 1. The quantitative estimate of drug-likeness (QED) is 0.831. The normalized spacial score (nSPS) is 12.9. The Hall–Kier alpha value is -0.930. The van der Waals surface area contributed by atoms with Crippen LogP contribution in [0.5, 0.6) is 0 Å². The van der Waals surface area contributed by atoms with Crippen molar-refractivity contribution in [2.24, 2.45) is 0 Å². The minimum absolute atomic E-state index is 0.136. The number of aryl methyl sites for hydroxylation is 2. The first-order valence-corrected chi connectivity index (χ1v) is 5.08. The van der Waals surface area contributed by atoms with Gasteiger partial charge in [0.1, 0.15) is 11.9 Å². The van der Waals surface area contributed by atoms with Gasteiger partial charge in [0, 0.05) is 12.2 Å². The maximum absolute atomic E-state index is 13.6. The Morgan fingerprint density at radius 3 is 2.60 bits per heavy atom. The van der Waals surface area contributed by atoms with Crippen molar-refractivity contribution in [1.82, 2.24) is 0 Å². The monoisotopic (exact) mass is 212 g/mol. The fourth-order valence-corrected chi connectivity index (χ4v) is 1.66. The van der Waals surface area contributed by atoms with Gasteiger partial charge in [-0.05, 0) is 38.0 Å². The molecule has 1 unspecified atom stereocenters. The van der Waals surface area contributed by atoms with E-state index in [2.05, 4.69) is 0 Å². The van der Waals surface area contributed by atoms with Gasteiger partial charge in [0.25, 0.3) is 0 Å². The lowest BCUT2D eigenvalue weighted by atomic mass is 10.0. The Kier molecular flexibility index (Phi) is 4.24. The van der Waals surface area contributed by atoms with E-state index in [1.807, 2.05) is 19.9 Å². The van der Waals surface area contributed by atoms with Crippen molar-refractivity contribution in [1.29, 1.82) is 0 Å². The largest absolute Gasteiger partial charge is 0.386 e. The smallest absolute Gasteiger partial charge is 0.129 e. The van der Waals surface area contributed by atoms with Crippen molar-refractivity contribution < 1.29 is 14.2 Å². The fourth-order valence-electron chi connectivity index (χ4n) is 1.66. The number of ether oxygens (including phenoxy) is 1. The summed E-state index contributed by atoms with van der Waals surface area (Å²) in [5.74, 6) is -0.361. The minimum Gasteiger partial charge on any atom is -0.386 e. The summed E-state index contributed by atoms with van der Waals surface area (Å²) in [5, 5.41) is 9.74. The molecule has 1 atom stereocenters. The summed E-state index contributed by atoms with van der Waals surface area (Å²) in [5.41, 5.74) is 1.96. The van der Waals surface area contributed by atoms with Gasteiger partial charge in [0.2, 0.25) is 0 Å². The van der Waals surface area contributed by atoms with E-state index in [9.17, 15) is 9.50 Å². The number of hydrogen-bond donors (Lipinski definition) is 1. The number of aliphatic hydroxyl groups excluding tert-OH is 1. The molecule has 3 heteroatoms. The number of halogens is 1. The molecule has 0 saturated carbocycles. The summed E-state index contributed by atoms with van der Waals surface area (Å²) in [6.07, 6.45) is -0.884. The highest BCUT2D eigenvalue weighted by atomic mass is 19.1. The van der Waals surface area contributed by atoms with E-state index in [4.69, 9.17) is 4.74 Å². The van der Waals surface area contributed by atoms with Crippen LogP contribution >= 0.6 is 0 Å². The molecule has 1 rings (SSSR count). The predicted molar refractivity (Wildman–Crippen MR) is 57.3 cm³/mol. The summed E-state index contributed by atoms with van der Waals surface area (Å²) in [6, 6.07) is 3.28. The summed E-state index contributed by atoms with van der Waals surface area (Å²) >= 11 is 0. The summed E-state index contributed by atoms with van der Waals surface area (Å²) in [4.78, 5) is 0. The fraction of sp³-hybridized carbons (Fsp3) is 0.500. The van der Waals surface area contributed by atoms with Crippen LogP contribution in [0.2, 0.25) is 0 Å². The van der Waals surface area contributed by atoms with Crippen LogP contribution in [0.3, 0.4) is 0 Å². The molecule has 0 amide bonds. The second-order valence-corrected chi connectivity index (χ2v) is 3.65. The average Bonchev–Trinajstić information content (AvgIpc) is 2.12. The third-order valence-corrected chi connectivity index (χ3v) is 2.29. The summed E-state index contributed by atoms with van der Waals surface area (Å²) in [7, 11) is 0. The van der Waals surface area contributed by atoms with Crippen LogP contribution in [0, 0.1) is 19.7 Å². The molecule has 0 heterocycles. The van der Waals surface area contributed by atoms with Crippen molar-refractivity contribution in [2.45, 2.75) is 26.9 Å². The van der Waals surface area contributed by atoms with Crippen LogP contribution in [0.25, 0.3) is 0 Å². The van der Waals surface area contributed by atoms with E-state index >= 15 is 0 Å². The van der Waals surface area contributed by atoms with Crippen molar-refractivity contribution in [3.8, 4) is 0 Å². The van der Waals surface area contributed by atoms with Crippen molar-refractivity contribution in [2.75, 3.05) is 13.2 Å². The van der Waals surface area contributed by atoms with E-state index < -0.39 is 6.10 Å². The van der Waals surface area contributed by atoms with Gasteiger partial charge in [0.05, 0.1) is 6.61 Å². The first-order chi connectivity index (χ1) is 7.06. The molecule has 0 aliphatic carbocycles. The Balaban J connectivity index is 2.92. The molecule has 15 heavy (non-hydrogen) atoms. The molecule has 0 saturated heterocycles. The van der Waals surface area contributed by atoms with Gasteiger partial charge < -0.3 is 9.84 Å². The Morgan fingerprint density at radius 2 is 2.07 bits per heavy atom. The average molecular weight is 212 g/mol.